The summed E-state index contributed by atoms with van der Waals surface area (Å²) in [7, 11) is 0. The van der Waals surface area contributed by atoms with Crippen LogP contribution in [-0.2, 0) is 6.42 Å². The fourth-order valence-corrected chi connectivity index (χ4v) is 3.38. The lowest BCUT2D eigenvalue weighted by molar-refractivity contribution is 0.622. The van der Waals surface area contributed by atoms with Crippen LogP contribution in [0.3, 0.4) is 0 Å². The maximum Gasteiger partial charge on any atom is 0.141 e. The summed E-state index contributed by atoms with van der Waals surface area (Å²) >= 11 is 0. The molecule has 0 N–H and O–H groups in total. The second kappa shape index (κ2) is 4.47. The van der Waals surface area contributed by atoms with Crippen LogP contribution < -0.4 is 4.90 Å². The van der Waals surface area contributed by atoms with Gasteiger partial charge in [0.2, 0.25) is 0 Å². The molecule has 4 heterocycles. The first-order chi connectivity index (χ1) is 9.86. The summed E-state index contributed by atoms with van der Waals surface area (Å²) in [6.07, 6.45) is 13.3. The van der Waals surface area contributed by atoms with Gasteiger partial charge in [0.15, 0.2) is 0 Å². The number of hydrogen-bond acceptors (Lipinski definition) is 3. The van der Waals surface area contributed by atoms with Gasteiger partial charge in [0.1, 0.15) is 5.65 Å². The lowest BCUT2D eigenvalue weighted by Crippen LogP contribution is -2.22. The van der Waals surface area contributed by atoms with Gasteiger partial charge < -0.3 is 9.30 Å². The van der Waals surface area contributed by atoms with E-state index in [9.17, 15) is 0 Å². The summed E-state index contributed by atoms with van der Waals surface area (Å²) in [6.45, 7) is 4.27. The van der Waals surface area contributed by atoms with E-state index in [0.717, 1.165) is 25.2 Å². The van der Waals surface area contributed by atoms with Gasteiger partial charge in [-0.25, -0.2) is 4.98 Å². The summed E-state index contributed by atoms with van der Waals surface area (Å²) < 4.78 is 2.10. The number of rotatable bonds is 2. The summed E-state index contributed by atoms with van der Waals surface area (Å²) in [5.74, 6) is 0.556. The molecular weight excluding hydrogens is 248 g/mol. The minimum Gasteiger partial charge on any atom is -0.368 e. The summed E-state index contributed by atoms with van der Waals surface area (Å²) in [6, 6.07) is 2.64. The van der Waals surface area contributed by atoms with Crippen LogP contribution in [0.1, 0.15) is 12.5 Å². The number of imidazole rings is 1. The van der Waals surface area contributed by atoms with Crippen molar-refractivity contribution in [2.45, 2.75) is 19.4 Å². The second-order valence-electron chi connectivity index (χ2n) is 5.51. The van der Waals surface area contributed by atoms with Gasteiger partial charge in [0.25, 0.3) is 0 Å². The molecule has 1 saturated heterocycles. The lowest BCUT2D eigenvalue weighted by atomic mass is 10.0. The molecule has 102 valence electrons. The average Bonchev–Trinajstić information content (AvgIpc) is 3.11. The molecule has 0 saturated carbocycles. The Bertz CT molecular complexity index is 678. The van der Waals surface area contributed by atoms with Crippen molar-refractivity contribution >= 4 is 17.5 Å². The van der Waals surface area contributed by atoms with Crippen LogP contribution in [0, 0.1) is 5.92 Å². The summed E-state index contributed by atoms with van der Waals surface area (Å²) in [5.41, 5.74) is 3.74. The standard InChI is InChI=1S/C16H18N4/c1-2-13-15(5-8-19-9-7-18-16(13)19)20-10-12-4-3-6-17-14(12)11-20/h3-9,12,14H,2,10-11H2,1H3. The van der Waals surface area contributed by atoms with Crippen LogP contribution in [0.25, 0.3) is 5.65 Å². The summed E-state index contributed by atoms with van der Waals surface area (Å²) in [5, 5.41) is 0. The third-order valence-electron chi connectivity index (χ3n) is 4.39. The molecule has 0 amide bonds. The topological polar surface area (TPSA) is 32.9 Å². The Hall–Kier alpha value is -2.10. The molecule has 2 unspecified atom stereocenters. The van der Waals surface area contributed by atoms with Crippen molar-refractivity contribution in [3.63, 3.8) is 0 Å². The van der Waals surface area contributed by atoms with E-state index in [1.54, 1.807) is 0 Å². The van der Waals surface area contributed by atoms with Crippen molar-refractivity contribution in [1.82, 2.24) is 9.38 Å². The van der Waals surface area contributed by atoms with Crippen LogP contribution in [0.5, 0.6) is 0 Å². The Kier molecular flexibility index (Phi) is 2.62. The van der Waals surface area contributed by atoms with Crippen molar-refractivity contribution in [1.29, 1.82) is 0 Å². The SMILES string of the molecule is CCc1c(N2CC3C=CC=NC3C2)ccn2ccnc12. The largest absolute Gasteiger partial charge is 0.368 e. The van der Waals surface area contributed by atoms with Gasteiger partial charge in [0, 0.05) is 55.1 Å². The molecule has 2 aromatic rings. The number of dihydropyridines is 1. The van der Waals surface area contributed by atoms with Gasteiger partial charge in [-0.15, -0.1) is 0 Å². The van der Waals surface area contributed by atoms with Crippen molar-refractivity contribution < 1.29 is 0 Å². The van der Waals surface area contributed by atoms with E-state index in [2.05, 4.69) is 50.6 Å². The molecule has 2 aromatic heterocycles. The zero-order valence-corrected chi connectivity index (χ0v) is 11.6. The predicted octanol–water partition coefficient (Wildman–Crippen LogP) is 2.34. The van der Waals surface area contributed by atoms with E-state index in [4.69, 9.17) is 0 Å². The van der Waals surface area contributed by atoms with E-state index in [0.29, 0.717) is 12.0 Å². The highest BCUT2D eigenvalue weighted by atomic mass is 15.2. The van der Waals surface area contributed by atoms with E-state index < -0.39 is 0 Å². The molecule has 1 fully saturated rings. The van der Waals surface area contributed by atoms with E-state index in [1.165, 1.54) is 11.3 Å². The predicted molar refractivity (Wildman–Crippen MR) is 81.7 cm³/mol. The Labute approximate surface area is 118 Å². The van der Waals surface area contributed by atoms with Crippen molar-refractivity contribution in [2.24, 2.45) is 10.9 Å². The number of allylic oxidation sites excluding steroid dienone is 1. The number of pyridine rings is 1. The third kappa shape index (κ3) is 1.68. The van der Waals surface area contributed by atoms with Gasteiger partial charge in [0.05, 0.1) is 6.04 Å². The van der Waals surface area contributed by atoms with Crippen LogP contribution >= 0.6 is 0 Å². The maximum absolute atomic E-state index is 4.60. The molecular formula is C16H18N4. The average molecular weight is 266 g/mol. The quantitative estimate of drug-likeness (QED) is 0.836. The second-order valence-corrected chi connectivity index (χ2v) is 5.51. The first kappa shape index (κ1) is 11.7. The van der Waals surface area contributed by atoms with Crippen LogP contribution in [0.15, 0.2) is 41.8 Å². The first-order valence-electron chi connectivity index (χ1n) is 7.26. The molecule has 0 radical (unpaired) electrons. The lowest BCUT2D eigenvalue weighted by Gasteiger charge is -2.21. The number of aliphatic imine (C=N–C) groups is 1. The number of aromatic nitrogens is 2. The van der Waals surface area contributed by atoms with E-state index >= 15 is 0 Å². The summed E-state index contributed by atoms with van der Waals surface area (Å²) in [4.78, 5) is 11.6. The fraction of sp³-hybridized carbons (Fsp3) is 0.375. The number of anilines is 1. The molecule has 4 rings (SSSR count). The van der Waals surface area contributed by atoms with Gasteiger partial charge >= 0.3 is 0 Å². The molecule has 4 nitrogen and oxygen atoms in total. The highest BCUT2D eigenvalue weighted by Crippen LogP contribution is 2.32. The minimum absolute atomic E-state index is 0.417. The molecule has 2 aliphatic heterocycles. The minimum atomic E-state index is 0.417. The van der Waals surface area contributed by atoms with Crippen molar-refractivity contribution in [2.75, 3.05) is 18.0 Å². The molecule has 0 aromatic carbocycles. The molecule has 20 heavy (non-hydrogen) atoms. The Morgan fingerprint density at radius 2 is 2.25 bits per heavy atom. The number of nitrogens with zero attached hydrogens (tertiary/aromatic N) is 4. The van der Waals surface area contributed by atoms with Gasteiger partial charge in [-0.2, -0.15) is 0 Å². The van der Waals surface area contributed by atoms with E-state index in [-0.39, 0.29) is 0 Å². The molecule has 2 aliphatic rings. The number of fused-ring (bicyclic) bond motifs is 2. The highest BCUT2D eigenvalue weighted by molar-refractivity contribution is 5.73. The fourth-order valence-electron chi connectivity index (χ4n) is 3.38. The smallest absolute Gasteiger partial charge is 0.141 e. The molecule has 4 heteroatoms. The zero-order chi connectivity index (χ0) is 13.5. The van der Waals surface area contributed by atoms with Gasteiger partial charge in [-0.05, 0) is 18.6 Å². The van der Waals surface area contributed by atoms with Gasteiger partial charge in [-0.1, -0.05) is 13.0 Å². The Balaban J connectivity index is 1.75. The van der Waals surface area contributed by atoms with E-state index in [1.807, 2.05) is 18.6 Å². The normalized spacial score (nSPS) is 24.6. The van der Waals surface area contributed by atoms with Crippen LogP contribution in [-0.4, -0.2) is 34.7 Å². The van der Waals surface area contributed by atoms with Crippen molar-refractivity contribution in [3.05, 3.63) is 42.4 Å². The number of aryl methyl sites for hydroxylation is 1. The third-order valence-corrected chi connectivity index (χ3v) is 4.39. The molecule has 0 aliphatic carbocycles. The van der Waals surface area contributed by atoms with Crippen molar-refractivity contribution in [3.8, 4) is 0 Å². The first-order valence-corrected chi connectivity index (χ1v) is 7.26. The van der Waals surface area contributed by atoms with Crippen LogP contribution in [0.4, 0.5) is 5.69 Å². The highest BCUT2D eigenvalue weighted by Gasteiger charge is 2.32. The zero-order valence-electron chi connectivity index (χ0n) is 11.6. The molecule has 2 atom stereocenters. The van der Waals surface area contributed by atoms with Crippen LogP contribution in [0.2, 0.25) is 0 Å². The number of hydrogen-bond donors (Lipinski definition) is 0. The monoisotopic (exact) mass is 266 g/mol. The van der Waals surface area contributed by atoms with Gasteiger partial charge in [-0.3, -0.25) is 4.99 Å². The molecule has 0 spiro atoms. The maximum atomic E-state index is 4.60. The molecule has 0 bridgehead atoms. The Morgan fingerprint density at radius 3 is 3.10 bits per heavy atom. The Morgan fingerprint density at radius 1 is 1.30 bits per heavy atom.